The van der Waals surface area contributed by atoms with Crippen molar-refractivity contribution < 1.29 is 13.3 Å². The Labute approximate surface area is 155 Å². The number of benzene rings is 3. The predicted molar refractivity (Wildman–Crippen MR) is 102 cm³/mol. The van der Waals surface area contributed by atoms with Gasteiger partial charge in [0, 0.05) is 11.0 Å². The van der Waals surface area contributed by atoms with Gasteiger partial charge in [0.15, 0.2) is 9.84 Å². The lowest BCUT2D eigenvalue weighted by molar-refractivity contribution is -0.385. The van der Waals surface area contributed by atoms with Crippen LogP contribution in [0.5, 0.6) is 0 Å². The van der Waals surface area contributed by atoms with Gasteiger partial charge >= 0.3 is 0 Å². The van der Waals surface area contributed by atoms with Gasteiger partial charge in [0.25, 0.3) is 5.69 Å². The molecule has 0 radical (unpaired) electrons. The SMILES string of the molecule is O=[N+]([O-])c1ccccc1C(Sc1ccccc1)S(=O)(=O)c1ccccc1. The summed E-state index contributed by atoms with van der Waals surface area (Å²) >= 11 is 1.08. The zero-order valence-corrected chi connectivity index (χ0v) is 15.2. The summed E-state index contributed by atoms with van der Waals surface area (Å²) in [7, 11) is -3.85. The molecule has 0 N–H and O–H groups in total. The molecule has 0 aliphatic rings. The number of nitrogens with zero attached hydrogens (tertiary/aromatic N) is 1. The summed E-state index contributed by atoms with van der Waals surface area (Å²) < 4.78 is 25.4. The van der Waals surface area contributed by atoms with Crippen molar-refractivity contribution in [2.24, 2.45) is 0 Å². The van der Waals surface area contributed by atoms with Crippen LogP contribution in [0.3, 0.4) is 0 Å². The fourth-order valence-electron chi connectivity index (χ4n) is 2.50. The summed E-state index contributed by atoms with van der Waals surface area (Å²) in [5.74, 6) is 0. The molecule has 26 heavy (non-hydrogen) atoms. The minimum Gasteiger partial charge on any atom is -0.258 e. The molecule has 0 aliphatic carbocycles. The van der Waals surface area contributed by atoms with E-state index in [4.69, 9.17) is 0 Å². The van der Waals surface area contributed by atoms with Crippen molar-refractivity contribution in [3.8, 4) is 0 Å². The number of hydrogen-bond donors (Lipinski definition) is 0. The molecule has 0 aromatic heterocycles. The second-order valence-corrected chi connectivity index (χ2v) is 8.95. The topological polar surface area (TPSA) is 77.3 Å². The molecule has 0 saturated carbocycles. The van der Waals surface area contributed by atoms with Crippen LogP contribution in [-0.4, -0.2) is 13.3 Å². The Morgan fingerprint density at radius 3 is 1.96 bits per heavy atom. The molecule has 132 valence electrons. The number of rotatable bonds is 6. The smallest absolute Gasteiger partial charge is 0.258 e. The molecule has 0 heterocycles. The Bertz CT molecular complexity index is 1010. The van der Waals surface area contributed by atoms with E-state index in [1.54, 1.807) is 48.5 Å². The second-order valence-electron chi connectivity index (χ2n) is 5.44. The Morgan fingerprint density at radius 2 is 1.35 bits per heavy atom. The Kier molecular flexibility index (Phi) is 5.39. The summed E-state index contributed by atoms with van der Waals surface area (Å²) in [6, 6.07) is 23.0. The Morgan fingerprint density at radius 1 is 0.808 bits per heavy atom. The normalized spacial score (nSPS) is 12.5. The number of sulfone groups is 1. The van der Waals surface area contributed by atoms with Crippen LogP contribution in [0, 0.1) is 10.1 Å². The van der Waals surface area contributed by atoms with Gasteiger partial charge in [-0.25, -0.2) is 8.42 Å². The lowest BCUT2D eigenvalue weighted by Gasteiger charge is -2.18. The van der Waals surface area contributed by atoms with Gasteiger partial charge in [-0.05, 0) is 30.3 Å². The number of nitro groups is 1. The van der Waals surface area contributed by atoms with E-state index in [2.05, 4.69) is 0 Å². The quantitative estimate of drug-likeness (QED) is 0.344. The molecule has 0 saturated heterocycles. The van der Waals surface area contributed by atoms with E-state index in [1.165, 1.54) is 30.3 Å². The van der Waals surface area contributed by atoms with E-state index in [1.807, 2.05) is 6.07 Å². The lowest BCUT2D eigenvalue weighted by Crippen LogP contribution is -2.12. The van der Waals surface area contributed by atoms with E-state index in [-0.39, 0.29) is 16.1 Å². The lowest BCUT2D eigenvalue weighted by atomic mass is 10.2. The van der Waals surface area contributed by atoms with Crippen LogP contribution in [0.15, 0.2) is 94.7 Å². The predicted octanol–water partition coefficient (Wildman–Crippen LogP) is 4.86. The zero-order valence-electron chi connectivity index (χ0n) is 13.6. The Balaban J connectivity index is 2.16. The minimum atomic E-state index is -3.85. The van der Waals surface area contributed by atoms with Gasteiger partial charge in [-0.1, -0.05) is 48.5 Å². The van der Waals surface area contributed by atoms with Gasteiger partial charge in [0.05, 0.1) is 15.4 Å². The first kappa shape index (κ1) is 18.2. The highest BCUT2D eigenvalue weighted by Crippen LogP contribution is 2.45. The third-order valence-electron chi connectivity index (χ3n) is 3.73. The second kappa shape index (κ2) is 7.72. The van der Waals surface area contributed by atoms with Crippen LogP contribution in [0.25, 0.3) is 0 Å². The Hall–Kier alpha value is -2.64. The number of thioether (sulfide) groups is 1. The van der Waals surface area contributed by atoms with Gasteiger partial charge in [0.1, 0.15) is 4.58 Å². The molecule has 1 unspecified atom stereocenters. The standard InChI is InChI=1S/C19H15NO4S2/c21-20(22)18-14-8-7-13-17(18)19(25-15-9-3-1-4-10-15)26(23,24)16-11-5-2-6-12-16/h1-14,19H. The van der Waals surface area contributed by atoms with Crippen LogP contribution in [0.1, 0.15) is 10.1 Å². The van der Waals surface area contributed by atoms with Crippen LogP contribution in [0.2, 0.25) is 0 Å². The first-order valence-corrected chi connectivity index (χ1v) is 10.2. The van der Waals surface area contributed by atoms with Gasteiger partial charge in [-0.15, -0.1) is 11.8 Å². The van der Waals surface area contributed by atoms with E-state index < -0.39 is 19.3 Å². The molecule has 0 bridgehead atoms. The van der Waals surface area contributed by atoms with Crippen molar-refractivity contribution >= 4 is 27.3 Å². The summed E-state index contributed by atoms with van der Waals surface area (Å²) in [6.45, 7) is 0. The molecule has 0 amide bonds. The van der Waals surface area contributed by atoms with Crippen LogP contribution >= 0.6 is 11.8 Å². The third kappa shape index (κ3) is 3.79. The third-order valence-corrected chi connectivity index (χ3v) is 7.54. The molecular weight excluding hydrogens is 370 g/mol. The molecule has 7 heteroatoms. The summed E-state index contributed by atoms with van der Waals surface area (Å²) in [5, 5.41) is 11.4. The maximum atomic E-state index is 13.3. The largest absolute Gasteiger partial charge is 0.274 e. The summed E-state index contributed by atoms with van der Waals surface area (Å²) in [5.41, 5.74) is -0.0457. The van der Waals surface area contributed by atoms with Gasteiger partial charge < -0.3 is 0 Å². The van der Waals surface area contributed by atoms with Crippen molar-refractivity contribution in [1.29, 1.82) is 0 Å². The van der Waals surface area contributed by atoms with E-state index in [0.29, 0.717) is 0 Å². The highest BCUT2D eigenvalue weighted by molar-refractivity contribution is 8.12. The molecule has 3 aromatic rings. The van der Waals surface area contributed by atoms with E-state index in [0.717, 1.165) is 16.7 Å². The molecule has 0 aliphatic heterocycles. The first-order valence-electron chi connectivity index (χ1n) is 7.74. The average molecular weight is 385 g/mol. The number of nitro benzene ring substituents is 1. The average Bonchev–Trinajstić information content (AvgIpc) is 2.67. The molecule has 0 fully saturated rings. The van der Waals surface area contributed by atoms with Crippen LogP contribution < -0.4 is 0 Å². The minimum absolute atomic E-state index is 0.131. The fraction of sp³-hybridized carbons (Fsp3) is 0.0526. The molecule has 3 aromatic carbocycles. The van der Waals surface area contributed by atoms with Crippen molar-refractivity contribution in [3.63, 3.8) is 0 Å². The molecule has 0 spiro atoms. The number of hydrogen-bond acceptors (Lipinski definition) is 5. The monoisotopic (exact) mass is 385 g/mol. The van der Waals surface area contributed by atoms with Gasteiger partial charge in [0.2, 0.25) is 0 Å². The maximum Gasteiger partial charge on any atom is 0.274 e. The molecule has 3 rings (SSSR count). The van der Waals surface area contributed by atoms with Crippen LogP contribution in [0.4, 0.5) is 5.69 Å². The van der Waals surface area contributed by atoms with Gasteiger partial charge in [-0.3, -0.25) is 10.1 Å². The molecule has 1 atom stereocenters. The van der Waals surface area contributed by atoms with E-state index >= 15 is 0 Å². The molecular formula is C19H15NO4S2. The highest BCUT2D eigenvalue weighted by Gasteiger charge is 2.34. The van der Waals surface area contributed by atoms with Crippen molar-refractivity contribution in [2.75, 3.05) is 0 Å². The van der Waals surface area contributed by atoms with Gasteiger partial charge in [-0.2, -0.15) is 0 Å². The number of para-hydroxylation sites is 1. The summed E-state index contributed by atoms with van der Waals surface area (Å²) in [6.07, 6.45) is 0. The van der Waals surface area contributed by atoms with Crippen molar-refractivity contribution in [1.82, 2.24) is 0 Å². The highest BCUT2D eigenvalue weighted by atomic mass is 32.3. The summed E-state index contributed by atoms with van der Waals surface area (Å²) in [4.78, 5) is 11.7. The van der Waals surface area contributed by atoms with E-state index in [9.17, 15) is 18.5 Å². The first-order chi connectivity index (χ1) is 12.5. The molecule has 5 nitrogen and oxygen atoms in total. The van der Waals surface area contributed by atoms with Crippen molar-refractivity contribution in [2.45, 2.75) is 14.4 Å². The fourth-order valence-corrected chi connectivity index (χ4v) is 5.88. The van der Waals surface area contributed by atoms with Crippen molar-refractivity contribution in [3.05, 3.63) is 101 Å². The maximum absolute atomic E-state index is 13.3. The zero-order chi connectivity index (χ0) is 18.6. The van der Waals surface area contributed by atoms with Crippen LogP contribution in [-0.2, 0) is 9.84 Å².